The molecule has 1 aromatic carbocycles. The molecule has 22 heavy (non-hydrogen) atoms. The monoisotopic (exact) mass is 310 g/mol. The summed E-state index contributed by atoms with van der Waals surface area (Å²) in [5.74, 6) is -0.976. The van der Waals surface area contributed by atoms with Crippen LogP contribution in [0.4, 0.5) is 0 Å². The minimum atomic E-state index is -0.976. The van der Waals surface area contributed by atoms with E-state index in [0.29, 0.717) is 6.42 Å². The maximum Gasteiger partial charge on any atom is 0.231 e. The highest BCUT2D eigenvalue weighted by Gasteiger charge is 2.33. The Morgan fingerprint density at radius 2 is 1.14 bits per heavy atom. The molecule has 0 atom stereocenters. The molecule has 0 fully saturated rings. The highest BCUT2D eigenvalue weighted by atomic mass is 17.3. The van der Waals surface area contributed by atoms with Gasteiger partial charge < -0.3 is 0 Å². The number of benzene rings is 1. The molecule has 4 nitrogen and oxygen atoms in total. The van der Waals surface area contributed by atoms with Crippen molar-refractivity contribution in [2.24, 2.45) is 0 Å². The van der Waals surface area contributed by atoms with Crippen molar-refractivity contribution in [2.45, 2.75) is 78.3 Å². The van der Waals surface area contributed by atoms with Gasteiger partial charge in [0, 0.05) is 6.42 Å². The summed E-state index contributed by atoms with van der Waals surface area (Å²) in [4.78, 5) is 22.0. The summed E-state index contributed by atoms with van der Waals surface area (Å²) in [6.45, 7) is 13.4. The summed E-state index contributed by atoms with van der Waals surface area (Å²) < 4.78 is 0. The lowest BCUT2D eigenvalue weighted by molar-refractivity contribution is -0.537. The van der Waals surface area contributed by atoms with Crippen molar-refractivity contribution >= 4 is 0 Å². The zero-order chi connectivity index (χ0) is 16.9. The van der Waals surface area contributed by atoms with E-state index in [0.717, 1.165) is 6.42 Å². The van der Waals surface area contributed by atoms with Gasteiger partial charge in [-0.15, -0.1) is 0 Å². The Balaban J connectivity index is 2.67. The van der Waals surface area contributed by atoms with Crippen LogP contribution in [0.1, 0.15) is 60.5 Å². The van der Waals surface area contributed by atoms with Gasteiger partial charge in [0.1, 0.15) is 0 Å². The van der Waals surface area contributed by atoms with E-state index < -0.39 is 17.0 Å². The molecule has 4 heteroatoms. The molecule has 0 bridgehead atoms. The zero-order valence-electron chi connectivity index (χ0n) is 14.9. The summed E-state index contributed by atoms with van der Waals surface area (Å²) in [5, 5.41) is 0. The van der Waals surface area contributed by atoms with E-state index in [2.05, 4.69) is 12.1 Å². The largest absolute Gasteiger partial charge is 0.231 e. The van der Waals surface area contributed by atoms with E-state index in [-0.39, 0.29) is 0 Å². The molecule has 0 aliphatic carbocycles. The third-order valence-corrected chi connectivity index (χ3v) is 2.65. The standard InChI is InChI=1S/C18H30O4/c1-16(2,3)19-21-18(7,22-20-17(4,5)6)14-13-15-11-9-8-10-12-15/h8-12H,13-14H2,1-7H3. The molecule has 0 heterocycles. The number of rotatable bonds is 7. The molecule has 0 N–H and O–H groups in total. The molecule has 0 aromatic heterocycles. The quantitative estimate of drug-likeness (QED) is 0.411. The predicted molar refractivity (Wildman–Crippen MR) is 87.0 cm³/mol. The minimum Gasteiger partial charge on any atom is -0.228 e. The minimum absolute atomic E-state index is 0.418. The van der Waals surface area contributed by atoms with E-state index >= 15 is 0 Å². The Hall–Kier alpha value is -0.940. The summed E-state index contributed by atoms with van der Waals surface area (Å²) in [5.41, 5.74) is 0.380. The Morgan fingerprint density at radius 3 is 1.55 bits per heavy atom. The highest BCUT2D eigenvalue weighted by Crippen LogP contribution is 2.26. The molecule has 0 saturated carbocycles. The molecule has 0 amide bonds. The first-order valence-corrected chi connectivity index (χ1v) is 7.77. The molecule has 0 aliphatic rings. The fraction of sp³-hybridized carbons (Fsp3) is 0.667. The van der Waals surface area contributed by atoms with Crippen LogP contribution in [0, 0.1) is 0 Å². The smallest absolute Gasteiger partial charge is 0.228 e. The molecule has 1 aromatic rings. The van der Waals surface area contributed by atoms with Gasteiger partial charge in [-0.2, -0.15) is 9.78 Å². The fourth-order valence-electron chi connectivity index (χ4n) is 1.54. The van der Waals surface area contributed by atoms with E-state index in [4.69, 9.17) is 19.6 Å². The van der Waals surface area contributed by atoms with Gasteiger partial charge in [0.25, 0.3) is 0 Å². The summed E-state index contributed by atoms with van der Waals surface area (Å²) in [6, 6.07) is 10.2. The van der Waals surface area contributed by atoms with Crippen LogP contribution in [0.3, 0.4) is 0 Å². The van der Waals surface area contributed by atoms with Crippen molar-refractivity contribution in [3.05, 3.63) is 35.9 Å². The van der Waals surface area contributed by atoms with Gasteiger partial charge in [0.05, 0.1) is 11.2 Å². The molecule has 0 spiro atoms. The van der Waals surface area contributed by atoms with Crippen LogP contribution < -0.4 is 0 Å². The third-order valence-electron chi connectivity index (χ3n) is 2.65. The van der Waals surface area contributed by atoms with Gasteiger partial charge in [0.15, 0.2) is 0 Å². The van der Waals surface area contributed by atoms with Crippen molar-refractivity contribution in [3.8, 4) is 0 Å². The van der Waals surface area contributed by atoms with Crippen molar-refractivity contribution in [2.75, 3.05) is 0 Å². The summed E-state index contributed by atoms with van der Waals surface area (Å²) >= 11 is 0. The fourth-order valence-corrected chi connectivity index (χ4v) is 1.54. The zero-order valence-corrected chi connectivity index (χ0v) is 14.9. The van der Waals surface area contributed by atoms with Crippen molar-refractivity contribution in [3.63, 3.8) is 0 Å². The van der Waals surface area contributed by atoms with E-state index in [1.165, 1.54) is 5.56 Å². The maximum atomic E-state index is 5.56. The Kier molecular flexibility index (Phi) is 6.56. The maximum absolute atomic E-state index is 5.56. The van der Waals surface area contributed by atoms with Crippen molar-refractivity contribution in [1.29, 1.82) is 0 Å². The van der Waals surface area contributed by atoms with Gasteiger partial charge in [-0.1, -0.05) is 30.3 Å². The van der Waals surface area contributed by atoms with Gasteiger partial charge in [-0.3, -0.25) is 0 Å². The Bertz CT molecular complexity index is 411. The van der Waals surface area contributed by atoms with E-state index in [1.807, 2.05) is 66.7 Å². The van der Waals surface area contributed by atoms with Crippen LogP contribution in [0.15, 0.2) is 30.3 Å². The number of aryl methyl sites for hydroxylation is 1. The van der Waals surface area contributed by atoms with Gasteiger partial charge >= 0.3 is 0 Å². The van der Waals surface area contributed by atoms with Crippen LogP contribution >= 0.6 is 0 Å². The third kappa shape index (κ3) is 8.49. The predicted octanol–water partition coefficient (Wildman–Crippen LogP) is 4.83. The number of hydrogen-bond acceptors (Lipinski definition) is 4. The molecule has 0 saturated heterocycles. The second-order valence-electron chi connectivity index (χ2n) is 7.68. The topological polar surface area (TPSA) is 36.9 Å². The lowest BCUT2D eigenvalue weighted by Crippen LogP contribution is -2.39. The molecular weight excluding hydrogens is 280 g/mol. The van der Waals surface area contributed by atoms with Crippen LogP contribution in [0.2, 0.25) is 0 Å². The first-order chi connectivity index (χ1) is 9.99. The van der Waals surface area contributed by atoms with Gasteiger partial charge in [-0.25, -0.2) is 9.78 Å². The lowest BCUT2D eigenvalue weighted by atomic mass is 10.1. The average molecular weight is 310 g/mol. The summed E-state index contributed by atoms with van der Waals surface area (Å²) in [7, 11) is 0. The first-order valence-electron chi connectivity index (χ1n) is 7.77. The Labute approximate surface area is 134 Å². The van der Waals surface area contributed by atoms with E-state index in [1.54, 1.807) is 0 Å². The van der Waals surface area contributed by atoms with Crippen LogP contribution in [0.5, 0.6) is 0 Å². The second-order valence-corrected chi connectivity index (χ2v) is 7.68. The van der Waals surface area contributed by atoms with Crippen LogP contribution in [0.25, 0.3) is 0 Å². The van der Waals surface area contributed by atoms with Crippen LogP contribution in [-0.2, 0) is 26.0 Å². The van der Waals surface area contributed by atoms with Crippen LogP contribution in [-0.4, -0.2) is 17.0 Å². The van der Waals surface area contributed by atoms with Gasteiger partial charge in [0.2, 0.25) is 5.79 Å². The molecule has 0 unspecified atom stereocenters. The second kappa shape index (κ2) is 7.55. The average Bonchev–Trinajstić information content (AvgIpc) is 2.41. The van der Waals surface area contributed by atoms with Crippen molar-refractivity contribution < 1.29 is 19.6 Å². The molecule has 0 aliphatic heterocycles. The molecule has 1 rings (SSSR count). The number of hydrogen-bond donors (Lipinski definition) is 0. The lowest BCUT2D eigenvalue weighted by Gasteiger charge is -2.32. The molecular formula is C18H30O4. The van der Waals surface area contributed by atoms with Crippen molar-refractivity contribution in [1.82, 2.24) is 0 Å². The Morgan fingerprint density at radius 1 is 0.682 bits per heavy atom. The van der Waals surface area contributed by atoms with E-state index in [9.17, 15) is 0 Å². The normalized spacial score (nSPS) is 13.4. The van der Waals surface area contributed by atoms with Gasteiger partial charge in [-0.05, 0) is 60.5 Å². The molecule has 0 radical (unpaired) electrons. The first kappa shape index (κ1) is 19.1. The molecule has 126 valence electrons. The SMILES string of the molecule is CC(C)(C)OOC(C)(CCc1ccccc1)OOC(C)(C)C. The summed E-state index contributed by atoms with van der Waals surface area (Å²) in [6.07, 6.45) is 1.42. The highest BCUT2D eigenvalue weighted by molar-refractivity contribution is 5.14.